The fourth-order valence-corrected chi connectivity index (χ4v) is 3.66. The minimum atomic E-state index is 0. The summed E-state index contributed by atoms with van der Waals surface area (Å²) in [4.78, 5) is 0. The maximum atomic E-state index is 5.51. The van der Waals surface area contributed by atoms with Gasteiger partial charge >= 0.3 is 0 Å². The molecule has 0 radical (unpaired) electrons. The predicted octanol–water partition coefficient (Wildman–Crippen LogP) is 4.50. The standard InChI is InChI=1S/C22H22NO4.ClH/c1-13-16-11-21(26-4)20(25-3)10-15(16)8-18-17-12-22(27-5)19(24-2)9-14(17)6-7-23(13)18;/h6-12H,1-5H3;1H/q+1;. The molecule has 0 aliphatic carbocycles. The average molecular weight is 401 g/mol. The number of hydrogen-bond acceptors (Lipinski definition) is 4. The van der Waals surface area contributed by atoms with Gasteiger partial charge in [-0.25, -0.2) is 0 Å². The van der Waals surface area contributed by atoms with E-state index in [1.807, 2.05) is 24.3 Å². The Hall–Kier alpha value is -2.92. The molecule has 0 N–H and O–H groups in total. The zero-order valence-electron chi connectivity index (χ0n) is 16.5. The van der Waals surface area contributed by atoms with Crippen molar-refractivity contribution in [1.82, 2.24) is 0 Å². The van der Waals surface area contributed by atoms with Crippen LogP contribution in [0, 0.1) is 6.92 Å². The van der Waals surface area contributed by atoms with E-state index in [4.69, 9.17) is 18.9 Å². The first-order valence-electron chi connectivity index (χ1n) is 8.66. The molecular weight excluding hydrogens is 378 g/mol. The topological polar surface area (TPSA) is 41.0 Å². The SMILES string of the molecule is COc1cc2cc3c4cc(OC)c(OC)cc4cc[n+]3c(C)c2cc1OC.Cl. The van der Waals surface area contributed by atoms with Gasteiger partial charge in [-0.3, -0.25) is 0 Å². The van der Waals surface area contributed by atoms with E-state index in [1.165, 1.54) is 0 Å². The van der Waals surface area contributed by atoms with E-state index in [1.54, 1.807) is 28.4 Å². The average Bonchev–Trinajstić information content (AvgIpc) is 2.71. The normalized spacial score (nSPS) is 10.8. The molecule has 2 aromatic heterocycles. The predicted molar refractivity (Wildman–Crippen MR) is 113 cm³/mol. The van der Waals surface area contributed by atoms with Crippen LogP contribution in [0.15, 0.2) is 42.6 Å². The Bertz CT molecular complexity index is 1190. The summed E-state index contributed by atoms with van der Waals surface area (Å²) >= 11 is 0. The number of aromatic nitrogens is 1. The third-order valence-corrected chi connectivity index (χ3v) is 5.09. The number of pyridine rings is 2. The van der Waals surface area contributed by atoms with Crippen molar-refractivity contribution in [2.45, 2.75) is 6.92 Å². The molecule has 0 amide bonds. The number of hydrogen-bond donors (Lipinski definition) is 0. The molecule has 0 fully saturated rings. The first-order chi connectivity index (χ1) is 13.1. The molecule has 0 bridgehead atoms. The highest BCUT2D eigenvalue weighted by molar-refractivity contribution is 6.00. The van der Waals surface area contributed by atoms with Crippen molar-refractivity contribution in [3.8, 4) is 23.0 Å². The van der Waals surface area contributed by atoms with E-state index in [0.717, 1.165) is 44.3 Å². The lowest BCUT2D eigenvalue weighted by molar-refractivity contribution is -0.516. The van der Waals surface area contributed by atoms with Crippen molar-refractivity contribution in [3.05, 3.63) is 48.3 Å². The summed E-state index contributed by atoms with van der Waals surface area (Å²) < 4.78 is 24.1. The van der Waals surface area contributed by atoms with Gasteiger partial charge in [0.25, 0.3) is 0 Å². The number of methoxy groups -OCH3 is 4. The first kappa shape index (κ1) is 19.8. The number of nitrogens with zero attached hydrogens (tertiary/aromatic N) is 1. The second-order valence-corrected chi connectivity index (χ2v) is 6.39. The highest BCUT2D eigenvalue weighted by Crippen LogP contribution is 2.36. The van der Waals surface area contributed by atoms with Gasteiger partial charge in [-0.05, 0) is 35.0 Å². The summed E-state index contributed by atoms with van der Waals surface area (Å²) in [5.41, 5.74) is 2.21. The maximum absolute atomic E-state index is 5.51. The van der Waals surface area contributed by atoms with Gasteiger partial charge < -0.3 is 18.9 Å². The van der Waals surface area contributed by atoms with Crippen molar-refractivity contribution in [2.24, 2.45) is 0 Å². The number of aryl methyl sites for hydroxylation is 1. The van der Waals surface area contributed by atoms with E-state index in [-0.39, 0.29) is 12.4 Å². The monoisotopic (exact) mass is 400 g/mol. The van der Waals surface area contributed by atoms with Gasteiger partial charge in [0.15, 0.2) is 34.9 Å². The lowest BCUT2D eigenvalue weighted by Gasteiger charge is -2.11. The molecule has 0 spiro atoms. The van der Waals surface area contributed by atoms with Crippen LogP contribution in [0.3, 0.4) is 0 Å². The molecule has 0 atom stereocenters. The smallest absolute Gasteiger partial charge is 0.219 e. The van der Waals surface area contributed by atoms with Gasteiger partial charge in [-0.1, -0.05) is 0 Å². The van der Waals surface area contributed by atoms with E-state index < -0.39 is 0 Å². The fraction of sp³-hybridized carbons (Fsp3) is 0.227. The number of halogens is 1. The van der Waals surface area contributed by atoms with Crippen LogP contribution >= 0.6 is 12.4 Å². The number of rotatable bonds is 4. The molecule has 2 heterocycles. The van der Waals surface area contributed by atoms with Crippen molar-refractivity contribution in [2.75, 3.05) is 28.4 Å². The van der Waals surface area contributed by atoms with Gasteiger partial charge in [0.05, 0.1) is 39.2 Å². The molecule has 0 saturated carbocycles. The zero-order valence-corrected chi connectivity index (χ0v) is 17.3. The summed E-state index contributed by atoms with van der Waals surface area (Å²) in [5.74, 6) is 2.87. The molecule has 4 aromatic rings. The number of benzene rings is 2. The van der Waals surface area contributed by atoms with Crippen molar-refractivity contribution < 1.29 is 23.3 Å². The molecule has 2 aromatic carbocycles. The van der Waals surface area contributed by atoms with Crippen LogP contribution in [0.5, 0.6) is 23.0 Å². The highest BCUT2D eigenvalue weighted by atomic mass is 35.5. The van der Waals surface area contributed by atoms with Gasteiger partial charge in [-0.15, -0.1) is 12.4 Å². The molecule has 0 saturated heterocycles. The molecular formula is C22H23ClNO4+. The minimum Gasteiger partial charge on any atom is -0.493 e. The third-order valence-electron chi connectivity index (χ3n) is 5.09. The second kappa shape index (κ2) is 7.60. The largest absolute Gasteiger partial charge is 0.493 e. The molecule has 0 aliphatic heterocycles. The third kappa shape index (κ3) is 2.92. The van der Waals surface area contributed by atoms with Crippen LogP contribution in [0.1, 0.15) is 5.69 Å². The Morgan fingerprint density at radius 3 is 1.71 bits per heavy atom. The van der Waals surface area contributed by atoms with Crippen LogP contribution < -0.4 is 23.3 Å². The summed E-state index contributed by atoms with van der Waals surface area (Å²) in [6, 6.07) is 12.3. The van der Waals surface area contributed by atoms with E-state index in [9.17, 15) is 0 Å². The Labute approximate surface area is 169 Å². The Morgan fingerprint density at radius 1 is 0.643 bits per heavy atom. The van der Waals surface area contributed by atoms with Crippen LogP contribution in [0.4, 0.5) is 0 Å². The summed E-state index contributed by atoms with van der Waals surface area (Å²) in [6.45, 7) is 2.10. The van der Waals surface area contributed by atoms with Crippen molar-refractivity contribution in [3.63, 3.8) is 0 Å². The fourth-order valence-electron chi connectivity index (χ4n) is 3.66. The second-order valence-electron chi connectivity index (χ2n) is 6.39. The summed E-state index contributed by atoms with van der Waals surface area (Å²) in [6.07, 6.45) is 2.08. The maximum Gasteiger partial charge on any atom is 0.219 e. The summed E-state index contributed by atoms with van der Waals surface area (Å²) in [7, 11) is 6.61. The molecule has 4 rings (SSSR count). The highest BCUT2D eigenvalue weighted by Gasteiger charge is 2.19. The Morgan fingerprint density at radius 2 is 1.14 bits per heavy atom. The van der Waals surface area contributed by atoms with Crippen molar-refractivity contribution >= 4 is 39.5 Å². The van der Waals surface area contributed by atoms with E-state index >= 15 is 0 Å². The quantitative estimate of drug-likeness (QED) is 0.287. The van der Waals surface area contributed by atoms with Gasteiger partial charge in [0, 0.05) is 19.1 Å². The molecule has 6 heteroatoms. The van der Waals surface area contributed by atoms with Crippen LogP contribution in [0.25, 0.3) is 27.1 Å². The summed E-state index contributed by atoms with van der Waals surface area (Å²) in [5, 5.41) is 4.39. The molecule has 0 aliphatic rings. The molecule has 5 nitrogen and oxygen atoms in total. The van der Waals surface area contributed by atoms with Crippen LogP contribution in [0.2, 0.25) is 0 Å². The zero-order chi connectivity index (χ0) is 19.1. The lowest BCUT2D eigenvalue weighted by atomic mass is 10.0. The van der Waals surface area contributed by atoms with Crippen LogP contribution in [-0.4, -0.2) is 28.4 Å². The van der Waals surface area contributed by atoms with Crippen molar-refractivity contribution in [1.29, 1.82) is 0 Å². The van der Waals surface area contributed by atoms with Gasteiger partial charge in [0.1, 0.15) is 0 Å². The molecule has 28 heavy (non-hydrogen) atoms. The molecule has 146 valence electrons. The first-order valence-corrected chi connectivity index (χ1v) is 8.66. The van der Waals surface area contributed by atoms with Gasteiger partial charge in [0.2, 0.25) is 5.52 Å². The number of ether oxygens (including phenoxy) is 4. The van der Waals surface area contributed by atoms with E-state index in [2.05, 4.69) is 29.7 Å². The van der Waals surface area contributed by atoms with Crippen LogP contribution in [-0.2, 0) is 0 Å². The van der Waals surface area contributed by atoms with E-state index in [0.29, 0.717) is 11.5 Å². The lowest BCUT2D eigenvalue weighted by Crippen LogP contribution is -2.25. The molecule has 0 unspecified atom stereocenters. The minimum absolute atomic E-state index is 0. The Balaban J connectivity index is 0.00000225. The Kier molecular flexibility index (Phi) is 5.38. The van der Waals surface area contributed by atoms with Gasteiger partial charge in [-0.2, -0.15) is 4.40 Å². The number of fused-ring (bicyclic) bond motifs is 4.